The number of halogens is 2. The second-order valence-electron chi connectivity index (χ2n) is 2.67. The molecule has 1 heterocycles. The maximum Gasteiger partial charge on any atom is 0.360 e. The van der Waals surface area contributed by atoms with Gasteiger partial charge in [-0.25, -0.2) is 14.2 Å². The standard InChI is InChI=1S/C8H7ClFN3O4S/c9-6-4(12-8(18-6)11-3-14)5(7(15)16)13-17-2-1-10/h3H,1-2H2,(H,15,16)(H,11,12,14). The van der Waals surface area contributed by atoms with Gasteiger partial charge >= 0.3 is 5.97 Å². The normalized spacial score (nSPS) is 11.1. The van der Waals surface area contributed by atoms with Gasteiger partial charge in [-0.1, -0.05) is 28.1 Å². The Hall–Kier alpha value is -1.74. The molecule has 2 N–H and O–H groups in total. The van der Waals surface area contributed by atoms with Crippen LogP contribution in [0.1, 0.15) is 5.69 Å². The topological polar surface area (TPSA) is 101 Å². The van der Waals surface area contributed by atoms with Crippen molar-refractivity contribution in [2.24, 2.45) is 5.16 Å². The van der Waals surface area contributed by atoms with Crippen LogP contribution < -0.4 is 5.32 Å². The number of alkyl halides is 1. The fourth-order valence-corrected chi connectivity index (χ4v) is 1.89. The third kappa shape index (κ3) is 3.64. The van der Waals surface area contributed by atoms with Gasteiger partial charge < -0.3 is 15.3 Å². The molecule has 98 valence electrons. The van der Waals surface area contributed by atoms with Crippen LogP contribution in [0.4, 0.5) is 9.52 Å². The number of nitrogens with zero attached hydrogens (tertiary/aromatic N) is 2. The average molecular weight is 296 g/mol. The van der Waals surface area contributed by atoms with E-state index >= 15 is 0 Å². The SMILES string of the molecule is O=CNc1nc(C(=NOCCF)C(=O)O)c(Cl)s1. The molecule has 0 aromatic carbocycles. The van der Waals surface area contributed by atoms with Gasteiger partial charge in [-0.15, -0.1) is 0 Å². The number of carboxylic acids is 1. The fourth-order valence-electron chi connectivity index (χ4n) is 0.888. The molecular formula is C8H7ClFN3O4S. The minimum atomic E-state index is -1.43. The number of carbonyl (C=O) groups is 2. The Kier molecular flexibility index (Phi) is 5.46. The van der Waals surface area contributed by atoms with E-state index in [-0.39, 0.29) is 21.8 Å². The Bertz CT molecular complexity index is 479. The van der Waals surface area contributed by atoms with E-state index in [1.54, 1.807) is 0 Å². The molecule has 0 saturated heterocycles. The summed E-state index contributed by atoms with van der Waals surface area (Å²) in [5.41, 5.74) is -0.721. The molecular weight excluding hydrogens is 289 g/mol. The number of nitrogens with one attached hydrogen (secondary N) is 1. The van der Waals surface area contributed by atoms with E-state index in [0.29, 0.717) is 6.41 Å². The van der Waals surface area contributed by atoms with E-state index in [0.717, 1.165) is 11.3 Å². The summed E-state index contributed by atoms with van der Waals surface area (Å²) in [5.74, 6) is -1.43. The van der Waals surface area contributed by atoms with Gasteiger partial charge in [0, 0.05) is 0 Å². The lowest BCUT2D eigenvalue weighted by atomic mass is 10.3. The number of aromatic nitrogens is 1. The Morgan fingerprint density at radius 2 is 2.44 bits per heavy atom. The quantitative estimate of drug-likeness (QED) is 0.340. The summed E-state index contributed by atoms with van der Waals surface area (Å²) in [5, 5.41) is 14.5. The zero-order valence-electron chi connectivity index (χ0n) is 8.72. The molecule has 0 saturated carbocycles. The van der Waals surface area contributed by atoms with Crippen LogP contribution in [0.2, 0.25) is 4.34 Å². The molecule has 7 nitrogen and oxygen atoms in total. The fraction of sp³-hybridized carbons (Fsp3) is 0.250. The molecule has 0 fully saturated rings. The number of carboxylic acid groups (broad SMARTS) is 1. The minimum absolute atomic E-state index is 0.0179. The van der Waals surface area contributed by atoms with Crippen LogP contribution in [-0.4, -0.2) is 41.5 Å². The first-order valence-electron chi connectivity index (χ1n) is 4.46. The monoisotopic (exact) mass is 295 g/mol. The third-order valence-electron chi connectivity index (χ3n) is 1.52. The number of amides is 1. The Labute approximate surface area is 109 Å². The van der Waals surface area contributed by atoms with E-state index in [2.05, 4.69) is 20.3 Å². The van der Waals surface area contributed by atoms with Crippen LogP contribution in [0.3, 0.4) is 0 Å². The molecule has 1 aromatic rings. The van der Waals surface area contributed by atoms with Crippen LogP contribution in [0.25, 0.3) is 0 Å². The number of carbonyl (C=O) groups excluding carboxylic acids is 1. The lowest BCUT2D eigenvalue weighted by molar-refractivity contribution is -0.129. The predicted octanol–water partition coefficient (Wildman–Crippen LogP) is 1.14. The number of aliphatic carboxylic acids is 1. The van der Waals surface area contributed by atoms with Crippen molar-refractivity contribution in [3.8, 4) is 0 Å². The molecule has 1 amide bonds. The first-order chi connectivity index (χ1) is 8.60. The van der Waals surface area contributed by atoms with E-state index in [4.69, 9.17) is 16.7 Å². The maximum atomic E-state index is 11.8. The average Bonchev–Trinajstić information content (AvgIpc) is 2.66. The Morgan fingerprint density at radius 1 is 1.72 bits per heavy atom. The second-order valence-corrected chi connectivity index (χ2v) is 4.27. The molecule has 0 atom stereocenters. The summed E-state index contributed by atoms with van der Waals surface area (Å²) in [6.07, 6.45) is 0.371. The van der Waals surface area contributed by atoms with Gasteiger partial charge in [-0.2, -0.15) is 0 Å². The van der Waals surface area contributed by atoms with Gasteiger partial charge in [-0.05, 0) is 0 Å². The van der Waals surface area contributed by atoms with Crippen molar-refractivity contribution in [3.63, 3.8) is 0 Å². The van der Waals surface area contributed by atoms with Crippen LogP contribution in [0, 0.1) is 0 Å². The largest absolute Gasteiger partial charge is 0.476 e. The molecule has 18 heavy (non-hydrogen) atoms. The van der Waals surface area contributed by atoms with Crippen LogP contribution in [0.5, 0.6) is 0 Å². The van der Waals surface area contributed by atoms with Gasteiger partial charge in [-0.3, -0.25) is 4.79 Å². The van der Waals surface area contributed by atoms with Crippen molar-refractivity contribution in [3.05, 3.63) is 10.0 Å². The van der Waals surface area contributed by atoms with Crippen molar-refractivity contribution in [2.45, 2.75) is 0 Å². The second kappa shape index (κ2) is 6.87. The molecule has 0 aliphatic rings. The number of hydrogen-bond acceptors (Lipinski definition) is 6. The van der Waals surface area contributed by atoms with Gasteiger partial charge in [0.15, 0.2) is 5.13 Å². The lowest BCUT2D eigenvalue weighted by Crippen LogP contribution is -2.16. The molecule has 0 unspecified atom stereocenters. The smallest absolute Gasteiger partial charge is 0.360 e. The highest BCUT2D eigenvalue weighted by atomic mass is 35.5. The predicted molar refractivity (Wildman–Crippen MR) is 62.9 cm³/mol. The first kappa shape index (κ1) is 14.3. The summed E-state index contributed by atoms with van der Waals surface area (Å²) in [7, 11) is 0. The van der Waals surface area contributed by atoms with Gasteiger partial charge in [0.25, 0.3) is 0 Å². The summed E-state index contributed by atoms with van der Waals surface area (Å²) in [6, 6.07) is 0. The van der Waals surface area contributed by atoms with Gasteiger partial charge in [0.05, 0.1) is 0 Å². The lowest BCUT2D eigenvalue weighted by Gasteiger charge is -1.98. The van der Waals surface area contributed by atoms with E-state index in [9.17, 15) is 14.0 Å². The van der Waals surface area contributed by atoms with Crippen molar-refractivity contribution in [2.75, 3.05) is 18.6 Å². The van der Waals surface area contributed by atoms with Crippen molar-refractivity contribution in [1.82, 2.24) is 4.98 Å². The zero-order chi connectivity index (χ0) is 13.5. The third-order valence-corrected chi connectivity index (χ3v) is 2.70. The zero-order valence-corrected chi connectivity index (χ0v) is 10.3. The number of rotatable bonds is 7. The van der Waals surface area contributed by atoms with E-state index in [1.807, 2.05) is 0 Å². The number of oxime groups is 1. The summed E-state index contributed by atoms with van der Waals surface area (Å²) >= 11 is 6.62. The molecule has 0 spiro atoms. The van der Waals surface area contributed by atoms with Crippen molar-refractivity contribution in [1.29, 1.82) is 0 Å². The molecule has 0 aliphatic heterocycles. The van der Waals surface area contributed by atoms with Crippen LogP contribution >= 0.6 is 22.9 Å². The van der Waals surface area contributed by atoms with Gasteiger partial charge in [0.1, 0.15) is 23.3 Å². The Morgan fingerprint density at radius 3 is 3.00 bits per heavy atom. The number of anilines is 1. The number of hydrogen-bond donors (Lipinski definition) is 2. The molecule has 10 heteroatoms. The Balaban J connectivity index is 3.01. The molecule has 1 aromatic heterocycles. The highest BCUT2D eigenvalue weighted by Crippen LogP contribution is 2.28. The van der Waals surface area contributed by atoms with Gasteiger partial charge in [0.2, 0.25) is 12.1 Å². The summed E-state index contributed by atoms with van der Waals surface area (Å²) in [4.78, 5) is 29.3. The summed E-state index contributed by atoms with van der Waals surface area (Å²) < 4.78 is 11.8. The first-order valence-corrected chi connectivity index (χ1v) is 5.65. The van der Waals surface area contributed by atoms with E-state index < -0.39 is 18.4 Å². The maximum absolute atomic E-state index is 11.8. The highest BCUT2D eigenvalue weighted by Gasteiger charge is 2.22. The van der Waals surface area contributed by atoms with Crippen LogP contribution in [-0.2, 0) is 14.4 Å². The van der Waals surface area contributed by atoms with Crippen molar-refractivity contribution < 1.29 is 23.9 Å². The minimum Gasteiger partial charge on any atom is -0.476 e. The molecule has 0 aliphatic carbocycles. The molecule has 0 radical (unpaired) electrons. The highest BCUT2D eigenvalue weighted by molar-refractivity contribution is 7.20. The van der Waals surface area contributed by atoms with E-state index in [1.165, 1.54) is 0 Å². The summed E-state index contributed by atoms with van der Waals surface area (Å²) in [6.45, 7) is -1.18. The molecule has 1 rings (SSSR count). The molecule has 0 bridgehead atoms. The van der Waals surface area contributed by atoms with Crippen molar-refractivity contribution >= 4 is 46.2 Å². The van der Waals surface area contributed by atoms with Crippen LogP contribution in [0.15, 0.2) is 5.16 Å². The number of thiazole rings is 1.